The molecule has 2 unspecified atom stereocenters. The van der Waals surface area contributed by atoms with E-state index in [4.69, 9.17) is 9.47 Å². The van der Waals surface area contributed by atoms with Gasteiger partial charge in [-0.25, -0.2) is 0 Å². The van der Waals surface area contributed by atoms with Crippen LogP contribution >= 0.6 is 0 Å². The molecule has 0 heterocycles. The molecule has 0 aromatic carbocycles. The molecule has 118 valence electrons. The van der Waals surface area contributed by atoms with Gasteiger partial charge in [-0.1, -0.05) is 0 Å². The SMILES string of the molecule is CC(=O)OC12C[C@H]3C[C@@H](C1)CC(C(C)(C)OC(C)=O)(C3)C2. The highest BCUT2D eigenvalue weighted by atomic mass is 16.6. The topological polar surface area (TPSA) is 52.6 Å². The van der Waals surface area contributed by atoms with Crippen LogP contribution in [0, 0.1) is 17.3 Å². The van der Waals surface area contributed by atoms with Gasteiger partial charge in [-0.3, -0.25) is 9.59 Å². The summed E-state index contributed by atoms with van der Waals surface area (Å²) in [5.41, 5.74) is -0.854. The van der Waals surface area contributed by atoms with E-state index >= 15 is 0 Å². The number of hydrogen-bond acceptors (Lipinski definition) is 4. The lowest BCUT2D eigenvalue weighted by Crippen LogP contribution is -2.63. The maximum atomic E-state index is 11.6. The summed E-state index contributed by atoms with van der Waals surface area (Å²) in [7, 11) is 0. The molecule has 4 heteroatoms. The molecular formula is C17H26O4. The highest BCUT2D eigenvalue weighted by Gasteiger charge is 2.64. The molecule has 4 rings (SSSR count). The Labute approximate surface area is 126 Å². The van der Waals surface area contributed by atoms with Crippen molar-refractivity contribution in [2.45, 2.75) is 77.4 Å². The molecule has 0 aliphatic heterocycles. The number of carbonyl (C=O) groups excluding carboxylic acids is 2. The van der Waals surface area contributed by atoms with Crippen LogP contribution in [0.3, 0.4) is 0 Å². The van der Waals surface area contributed by atoms with Crippen molar-refractivity contribution in [1.82, 2.24) is 0 Å². The molecule has 0 saturated heterocycles. The third-order valence-electron chi connectivity index (χ3n) is 6.04. The summed E-state index contributed by atoms with van der Waals surface area (Å²) in [6, 6.07) is 0. The van der Waals surface area contributed by atoms with Crippen LogP contribution in [0.2, 0.25) is 0 Å². The van der Waals surface area contributed by atoms with E-state index in [1.165, 1.54) is 20.3 Å². The molecular weight excluding hydrogens is 268 g/mol. The van der Waals surface area contributed by atoms with Gasteiger partial charge in [-0.15, -0.1) is 0 Å². The summed E-state index contributed by atoms with van der Waals surface area (Å²) >= 11 is 0. The molecule has 4 saturated carbocycles. The number of ether oxygens (including phenoxy) is 2. The Hall–Kier alpha value is -1.06. The van der Waals surface area contributed by atoms with E-state index in [0.717, 1.165) is 32.1 Å². The van der Waals surface area contributed by atoms with Gasteiger partial charge in [0, 0.05) is 19.3 Å². The standard InChI is InChI=1S/C17H26O4/c1-11(18)20-15(3,4)16-6-13-5-14(7-16)9-17(8-13,10-16)21-12(2)19/h13-14H,5-10H2,1-4H3/t13-,14+,16?,17?. The van der Waals surface area contributed by atoms with Gasteiger partial charge in [0.2, 0.25) is 0 Å². The van der Waals surface area contributed by atoms with Crippen molar-refractivity contribution >= 4 is 11.9 Å². The average molecular weight is 294 g/mol. The molecule has 0 aromatic rings. The Kier molecular flexibility index (Phi) is 3.16. The summed E-state index contributed by atoms with van der Waals surface area (Å²) in [6.45, 7) is 7.04. The summed E-state index contributed by atoms with van der Waals surface area (Å²) < 4.78 is 11.5. The first-order valence-corrected chi connectivity index (χ1v) is 8.05. The molecule has 0 N–H and O–H groups in total. The maximum Gasteiger partial charge on any atom is 0.303 e. The van der Waals surface area contributed by atoms with Crippen molar-refractivity contribution in [2.75, 3.05) is 0 Å². The van der Waals surface area contributed by atoms with Gasteiger partial charge >= 0.3 is 11.9 Å². The molecule has 0 amide bonds. The Morgan fingerprint density at radius 1 is 1.00 bits per heavy atom. The fraction of sp³-hybridized carbons (Fsp3) is 0.882. The van der Waals surface area contributed by atoms with Crippen molar-refractivity contribution in [3.8, 4) is 0 Å². The zero-order chi connectivity index (χ0) is 15.5. The average Bonchev–Trinajstić information content (AvgIpc) is 2.22. The first kappa shape index (κ1) is 14.9. The highest BCUT2D eigenvalue weighted by molar-refractivity contribution is 5.67. The van der Waals surface area contributed by atoms with Crippen LogP contribution in [0.15, 0.2) is 0 Å². The second-order valence-electron chi connectivity index (χ2n) is 8.12. The second-order valence-corrected chi connectivity index (χ2v) is 8.12. The Morgan fingerprint density at radius 3 is 2.05 bits per heavy atom. The lowest BCUT2D eigenvalue weighted by Gasteiger charge is -2.64. The molecule has 4 nitrogen and oxygen atoms in total. The first-order chi connectivity index (χ1) is 9.65. The van der Waals surface area contributed by atoms with Gasteiger partial charge < -0.3 is 9.47 Å². The predicted octanol–water partition coefficient (Wildman–Crippen LogP) is 3.23. The second kappa shape index (κ2) is 4.47. The normalized spacial score (nSPS) is 41.0. The van der Waals surface area contributed by atoms with E-state index in [1.807, 2.05) is 13.8 Å². The Balaban J connectivity index is 1.93. The van der Waals surface area contributed by atoms with Crippen LogP contribution in [-0.2, 0) is 19.1 Å². The molecule has 0 spiro atoms. The van der Waals surface area contributed by atoms with E-state index in [9.17, 15) is 9.59 Å². The van der Waals surface area contributed by atoms with Gasteiger partial charge in [0.25, 0.3) is 0 Å². The minimum Gasteiger partial charge on any atom is -0.459 e. The Morgan fingerprint density at radius 2 is 1.57 bits per heavy atom. The van der Waals surface area contributed by atoms with Gasteiger partial charge in [0.15, 0.2) is 0 Å². The van der Waals surface area contributed by atoms with E-state index in [0.29, 0.717) is 11.8 Å². The molecule has 0 radical (unpaired) electrons. The smallest absolute Gasteiger partial charge is 0.303 e. The van der Waals surface area contributed by atoms with Gasteiger partial charge in [-0.05, 0) is 64.2 Å². The number of rotatable bonds is 3. The lowest BCUT2D eigenvalue weighted by molar-refractivity contribution is -0.240. The molecule has 4 aliphatic rings. The fourth-order valence-electron chi connectivity index (χ4n) is 5.77. The zero-order valence-electron chi connectivity index (χ0n) is 13.5. The number of hydrogen-bond donors (Lipinski definition) is 0. The van der Waals surface area contributed by atoms with Crippen LogP contribution in [0.1, 0.15) is 66.2 Å². The first-order valence-electron chi connectivity index (χ1n) is 8.05. The van der Waals surface area contributed by atoms with Crippen LogP contribution in [-0.4, -0.2) is 23.1 Å². The number of carbonyl (C=O) groups is 2. The van der Waals surface area contributed by atoms with E-state index < -0.39 is 5.60 Å². The summed E-state index contributed by atoms with van der Waals surface area (Å²) in [4.78, 5) is 23.1. The molecule has 0 aromatic heterocycles. The third kappa shape index (κ3) is 2.36. The largest absolute Gasteiger partial charge is 0.459 e. The van der Waals surface area contributed by atoms with Gasteiger partial charge in [-0.2, -0.15) is 0 Å². The molecule has 4 fully saturated rings. The summed E-state index contributed by atoms with van der Waals surface area (Å²) in [6.07, 6.45) is 6.23. The summed E-state index contributed by atoms with van der Waals surface area (Å²) in [5.74, 6) is 0.788. The van der Waals surface area contributed by atoms with Crippen molar-refractivity contribution in [2.24, 2.45) is 17.3 Å². The molecule has 4 atom stereocenters. The third-order valence-corrected chi connectivity index (χ3v) is 6.04. The predicted molar refractivity (Wildman–Crippen MR) is 77.5 cm³/mol. The van der Waals surface area contributed by atoms with E-state index in [1.54, 1.807) is 0 Å². The van der Waals surface area contributed by atoms with Crippen LogP contribution in [0.5, 0.6) is 0 Å². The van der Waals surface area contributed by atoms with Crippen molar-refractivity contribution in [1.29, 1.82) is 0 Å². The molecule has 4 bridgehead atoms. The van der Waals surface area contributed by atoms with Crippen molar-refractivity contribution in [3.05, 3.63) is 0 Å². The summed E-state index contributed by atoms with van der Waals surface area (Å²) in [5, 5.41) is 0. The maximum absolute atomic E-state index is 11.6. The minimum atomic E-state index is -0.498. The minimum absolute atomic E-state index is 0.0434. The number of esters is 2. The molecule has 4 aliphatic carbocycles. The van der Waals surface area contributed by atoms with Crippen LogP contribution in [0.4, 0.5) is 0 Å². The Bertz CT molecular complexity index is 465. The fourth-order valence-corrected chi connectivity index (χ4v) is 5.77. The van der Waals surface area contributed by atoms with E-state index in [2.05, 4.69) is 0 Å². The lowest BCUT2D eigenvalue weighted by atomic mass is 9.44. The molecule has 21 heavy (non-hydrogen) atoms. The highest BCUT2D eigenvalue weighted by Crippen LogP contribution is 2.66. The monoisotopic (exact) mass is 294 g/mol. The van der Waals surface area contributed by atoms with Crippen LogP contribution < -0.4 is 0 Å². The van der Waals surface area contributed by atoms with Gasteiger partial charge in [0.1, 0.15) is 11.2 Å². The quantitative estimate of drug-likeness (QED) is 0.750. The van der Waals surface area contributed by atoms with E-state index in [-0.39, 0.29) is 23.0 Å². The zero-order valence-corrected chi connectivity index (χ0v) is 13.5. The van der Waals surface area contributed by atoms with Crippen molar-refractivity contribution < 1.29 is 19.1 Å². The van der Waals surface area contributed by atoms with Crippen LogP contribution in [0.25, 0.3) is 0 Å². The van der Waals surface area contributed by atoms with Gasteiger partial charge in [0.05, 0.1) is 0 Å². The van der Waals surface area contributed by atoms with Crippen molar-refractivity contribution in [3.63, 3.8) is 0 Å².